The first kappa shape index (κ1) is 22.1. The zero-order valence-electron chi connectivity index (χ0n) is 17.9. The van der Waals surface area contributed by atoms with Crippen molar-refractivity contribution in [2.75, 3.05) is 31.6 Å². The van der Waals surface area contributed by atoms with E-state index in [0.717, 1.165) is 29.6 Å². The van der Waals surface area contributed by atoms with Gasteiger partial charge in [0.25, 0.3) is 0 Å². The molecule has 1 aliphatic carbocycles. The van der Waals surface area contributed by atoms with Crippen LogP contribution in [0.2, 0.25) is 0 Å². The summed E-state index contributed by atoms with van der Waals surface area (Å²) in [6.07, 6.45) is 4.21. The Morgan fingerprint density at radius 3 is 2.58 bits per heavy atom. The molecule has 12 heteroatoms. The highest BCUT2D eigenvalue weighted by Gasteiger charge is 2.45. The molecular formula is C21H24FN3O7S. The van der Waals surface area contributed by atoms with Crippen molar-refractivity contribution in [2.45, 2.75) is 37.8 Å². The van der Waals surface area contributed by atoms with Gasteiger partial charge in [-0.25, -0.2) is 9.18 Å². The maximum atomic E-state index is 15.5. The second-order valence-electron chi connectivity index (χ2n) is 8.92. The normalized spacial score (nSPS) is 23.7. The number of nitrogens with zero attached hydrogens (tertiary/aromatic N) is 3. The van der Waals surface area contributed by atoms with Gasteiger partial charge in [0.2, 0.25) is 5.43 Å². The Morgan fingerprint density at radius 1 is 1.24 bits per heavy atom. The summed E-state index contributed by atoms with van der Waals surface area (Å²) in [7, 11) is -3.03. The van der Waals surface area contributed by atoms with Gasteiger partial charge < -0.3 is 19.3 Å². The summed E-state index contributed by atoms with van der Waals surface area (Å²) in [5.74, 6) is -2.12. The van der Waals surface area contributed by atoms with Crippen molar-refractivity contribution in [1.82, 2.24) is 8.87 Å². The van der Waals surface area contributed by atoms with Gasteiger partial charge >= 0.3 is 16.3 Å². The van der Waals surface area contributed by atoms with Crippen molar-refractivity contribution in [1.29, 1.82) is 0 Å². The van der Waals surface area contributed by atoms with E-state index in [2.05, 4.69) is 0 Å². The number of methoxy groups -OCH3 is 1. The first-order chi connectivity index (χ1) is 15.6. The van der Waals surface area contributed by atoms with Crippen LogP contribution in [0.15, 0.2) is 17.1 Å². The molecule has 2 aliphatic heterocycles. The van der Waals surface area contributed by atoms with E-state index in [1.807, 2.05) is 0 Å². The number of carbonyl (C=O) groups is 1. The summed E-state index contributed by atoms with van der Waals surface area (Å²) in [6.45, 7) is 0.713. The smallest absolute Gasteiger partial charge is 0.341 e. The van der Waals surface area contributed by atoms with Gasteiger partial charge in [0.05, 0.1) is 18.0 Å². The predicted molar refractivity (Wildman–Crippen MR) is 117 cm³/mol. The van der Waals surface area contributed by atoms with Crippen LogP contribution in [0, 0.1) is 11.7 Å². The maximum absolute atomic E-state index is 15.5. The molecule has 3 heterocycles. The third kappa shape index (κ3) is 3.56. The molecule has 3 aliphatic rings. The van der Waals surface area contributed by atoms with Gasteiger partial charge in [0, 0.05) is 37.9 Å². The number of benzene rings is 1. The summed E-state index contributed by atoms with van der Waals surface area (Å²) in [4.78, 5) is 26.2. The lowest BCUT2D eigenvalue weighted by molar-refractivity contribution is 0.0694. The molecule has 10 nitrogen and oxygen atoms in total. The summed E-state index contributed by atoms with van der Waals surface area (Å²) < 4.78 is 57.2. The van der Waals surface area contributed by atoms with E-state index >= 15 is 4.39 Å². The van der Waals surface area contributed by atoms with Crippen LogP contribution >= 0.6 is 0 Å². The number of aromatic nitrogens is 1. The maximum Gasteiger partial charge on any atom is 0.341 e. The summed E-state index contributed by atoms with van der Waals surface area (Å²) in [6, 6.07) is 0.520. The van der Waals surface area contributed by atoms with Crippen LogP contribution in [0.4, 0.5) is 10.1 Å². The Kier molecular flexibility index (Phi) is 5.14. The number of rotatable bonds is 5. The largest absolute Gasteiger partial charge is 0.492 e. The molecule has 2 unspecified atom stereocenters. The number of hydrogen-bond acceptors (Lipinski definition) is 6. The lowest BCUT2D eigenvalue weighted by Gasteiger charge is -2.33. The van der Waals surface area contributed by atoms with E-state index in [0.29, 0.717) is 18.5 Å². The van der Waals surface area contributed by atoms with E-state index < -0.39 is 39.1 Å². The molecule has 1 aromatic carbocycles. The lowest BCUT2D eigenvalue weighted by Crippen LogP contribution is -2.48. The second kappa shape index (κ2) is 7.67. The molecule has 3 fully saturated rings. The van der Waals surface area contributed by atoms with Gasteiger partial charge in [0.1, 0.15) is 11.3 Å². The number of halogens is 1. The topological polar surface area (TPSA) is 129 Å². The molecule has 0 bridgehead atoms. The van der Waals surface area contributed by atoms with Crippen LogP contribution in [-0.4, -0.2) is 65.7 Å². The Hall–Kier alpha value is -2.70. The second-order valence-corrected chi connectivity index (χ2v) is 10.3. The molecule has 2 N–H and O–H groups in total. The summed E-state index contributed by atoms with van der Waals surface area (Å²) in [5.41, 5.74) is -0.787. The highest BCUT2D eigenvalue weighted by Crippen LogP contribution is 2.45. The van der Waals surface area contributed by atoms with Crippen LogP contribution in [0.5, 0.6) is 5.75 Å². The van der Waals surface area contributed by atoms with Crippen LogP contribution in [-0.2, 0) is 10.3 Å². The van der Waals surface area contributed by atoms with Crippen molar-refractivity contribution in [3.8, 4) is 5.75 Å². The van der Waals surface area contributed by atoms with E-state index in [9.17, 15) is 27.7 Å². The molecular weight excluding hydrogens is 457 g/mol. The number of anilines is 1. The van der Waals surface area contributed by atoms with Gasteiger partial charge in [0.15, 0.2) is 11.6 Å². The van der Waals surface area contributed by atoms with Crippen molar-refractivity contribution >= 4 is 32.9 Å². The minimum absolute atomic E-state index is 0.0189. The fourth-order valence-corrected chi connectivity index (χ4v) is 6.27. The molecule has 2 atom stereocenters. The number of carboxylic acid groups (broad SMARTS) is 1. The Morgan fingerprint density at radius 2 is 1.97 bits per heavy atom. The molecule has 1 saturated carbocycles. The number of fused-ring (bicyclic) bond motifs is 2. The molecule has 178 valence electrons. The van der Waals surface area contributed by atoms with Crippen LogP contribution in [0.25, 0.3) is 10.9 Å². The first-order valence-corrected chi connectivity index (χ1v) is 12.2. The molecule has 2 aromatic rings. The van der Waals surface area contributed by atoms with E-state index in [-0.39, 0.29) is 41.9 Å². The average Bonchev–Trinajstić information content (AvgIpc) is 3.50. The molecule has 2 saturated heterocycles. The fraction of sp³-hybridized carbons (Fsp3) is 0.524. The number of hydrogen-bond donors (Lipinski definition) is 2. The lowest BCUT2D eigenvalue weighted by atomic mass is 9.94. The number of piperidine rings is 1. The summed E-state index contributed by atoms with van der Waals surface area (Å²) in [5, 5.41) is 9.39. The van der Waals surface area contributed by atoms with E-state index in [4.69, 9.17) is 4.74 Å². The SMILES string of the molecule is COc1c(N2CC3CCCN(S(=O)(=O)O)C3C2)c(F)cc2c(=O)c(C(=O)O)cn(C3CC3)c12. The molecule has 0 spiro atoms. The monoisotopic (exact) mass is 481 g/mol. The molecule has 5 rings (SSSR count). The van der Waals surface area contributed by atoms with Crippen LogP contribution < -0.4 is 15.1 Å². The van der Waals surface area contributed by atoms with Gasteiger partial charge in [-0.15, -0.1) is 0 Å². The van der Waals surface area contributed by atoms with Gasteiger partial charge in [-0.3, -0.25) is 9.35 Å². The van der Waals surface area contributed by atoms with E-state index in [1.165, 1.54) is 13.3 Å². The highest BCUT2D eigenvalue weighted by atomic mass is 32.2. The molecule has 0 amide bonds. The third-order valence-electron chi connectivity index (χ3n) is 6.92. The zero-order chi connectivity index (χ0) is 23.7. The Bertz CT molecular complexity index is 1320. The average molecular weight is 482 g/mol. The van der Waals surface area contributed by atoms with Crippen molar-refractivity contribution in [2.24, 2.45) is 5.92 Å². The predicted octanol–water partition coefficient (Wildman–Crippen LogP) is 1.89. The van der Waals surface area contributed by atoms with Crippen LogP contribution in [0.3, 0.4) is 0 Å². The highest BCUT2D eigenvalue weighted by molar-refractivity contribution is 7.83. The number of aromatic carboxylic acids is 1. The summed E-state index contributed by atoms with van der Waals surface area (Å²) >= 11 is 0. The van der Waals surface area contributed by atoms with Crippen molar-refractivity contribution in [3.05, 3.63) is 33.9 Å². The fourth-order valence-electron chi connectivity index (χ4n) is 5.33. The molecule has 33 heavy (non-hydrogen) atoms. The Labute approximate surface area is 189 Å². The standard InChI is InChI=1S/C21H24FN3O7S/c1-32-20-17-13(19(26)14(21(27)28)9-24(17)12-4-5-12)7-15(22)18(20)23-8-11-3-2-6-25(16(11)10-23)33(29,30)31/h7,9,11-12,16H,2-6,8,10H2,1H3,(H,27,28)(H,29,30,31). The Balaban J connectivity index is 1.68. The number of ether oxygens (including phenoxy) is 1. The number of carboxylic acids is 1. The quantitative estimate of drug-likeness (QED) is 0.620. The van der Waals surface area contributed by atoms with Gasteiger partial charge in [-0.2, -0.15) is 12.7 Å². The molecule has 0 radical (unpaired) electrons. The first-order valence-electron chi connectivity index (χ1n) is 10.8. The van der Waals surface area contributed by atoms with E-state index in [1.54, 1.807) is 9.47 Å². The number of pyridine rings is 1. The van der Waals surface area contributed by atoms with Crippen molar-refractivity contribution < 1.29 is 32.0 Å². The minimum Gasteiger partial charge on any atom is -0.492 e. The van der Waals surface area contributed by atoms with Crippen LogP contribution in [0.1, 0.15) is 42.1 Å². The van der Waals surface area contributed by atoms with Gasteiger partial charge in [-0.05, 0) is 37.7 Å². The molecule has 1 aromatic heterocycles. The minimum atomic E-state index is -4.39. The zero-order valence-corrected chi connectivity index (χ0v) is 18.7. The van der Waals surface area contributed by atoms with Crippen molar-refractivity contribution in [3.63, 3.8) is 0 Å². The third-order valence-corrected chi connectivity index (χ3v) is 7.96. The van der Waals surface area contributed by atoms with Gasteiger partial charge in [-0.1, -0.05) is 0 Å².